The summed E-state index contributed by atoms with van der Waals surface area (Å²) >= 11 is 0. The van der Waals surface area contributed by atoms with Crippen LogP contribution in [0, 0.1) is 5.92 Å². The van der Waals surface area contributed by atoms with Crippen molar-refractivity contribution in [1.29, 1.82) is 0 Å². The maximum absolute atomic E-state index is 5.72. The number of likely N-dealkylation sites (N-methyl/N-ethyl adjacent to an activating group) is 1. The Balaban J connectivity index is 1.84. The second-order valence-corrected chi connectivity index (χ2v) is 5.73. The third kappa shape index (κ3) is 2.69. The van der Waals surface area contributed by atoms with Gasteiger partial charge in [0.2, 0.25) is 0 Å². The van der Waals surface area contributed by atoms with Crippen molar-refractivity contribution in [2.45, 2.75) is 31.9 Å². The summed E-state index contributed by atoms with van der Waals surface area (Å²) < 4.78 is 5.72. The average Bonchev–Trinajstić information content (AvgIpc) is 2.91. The molecule has 3 rings (SSSR count). The fourth-order valence-electron chi connectivity index (χ4n) is 3.21. The number of aromatic nitrogens is 1. The highest BCUT2D eigenvalue weighted by molar-refractivity contribution is 5.81. The maximum atomic E-state index is 5.72. The minimum absolute atomic E-state index is 0.394. The molecule has 1 fully saturated rings. The van der Waals surface area contributed by atoms with Gasteiger partial charge in [-0.05, 0) is 44.5 Å². The first-order valence-electron chi connectivity index (χ1n) is 7.39. The van der Waals surface area contributed by atoms with E-state index in [2.05, 4.69) is 48.5 Å². The molecule has 106 valence electrons. The zero-order chi connectivity index (χ0) is 13.9. The molecule has 1 N–H and O–H groups in total. The molecule has 0 bridgehead atoms. The van der Waals surface area contributed by atoms with Gasteiger partial charge in [0.05, 0.1) is 18.2 Å². The lowest BCUT2D eigenvalue weighted by molar-refractivity contribution is 0.117. The molecule has 1 saturated heterocycles. The quantitative estimate of drug-likeness (QED) is 0.927. The third-order valence-corrected chi connectivity index (χ3v) is 4.35. The van der Waals surface area contributed by atoms with Gasteiger partial charge in [-0.15, -0.1) is 0 Å². The summed E-state index contributed by atoms with van der Waals surface area (Å²) in [5.41, 5.74) is 2.45. The molecule has 0 saturated carbocycles. The Labute approximate surface area is 120 Å². The van der Waals surface area contributed by atoms with Crippen molar-refractivity contribution in [3.63, 3.8) is 0 Å². The summed E-state index contributed by atoms with van der Waals surface area (Å²) in [6, 6.07) is 11.0. The maximum Gasteiger partial charge on any atom is 0.0704 e. The predicted octanol–water partition coefficient (Wildman–Crippen LogP) is 2.79. The van der Waals surface area contributed by atoms with Gasteiger partial charge in [-0.1, -0.05) is 18.2 Å². The molecule has 3 unspecified atom stereocenters. The van der Waals surface area contributed by atoms with Crippen LogP contribution in [0.4, 0.5) is 0 Å². The third-order valence-electron chi connectivity index (χ3n) is 4.35. The summed E-state index contributed by atoms with van der Waals surface area (Å²) in [4.78, 5) is 4.44. The van der Waals surface area contributed by atoms with E-state index < -0.39 is 0 Å². The summed E-state index contributed by atoms with van der Waals surface area (Å²) in [5.74, 6) is 0.599. The lowest BCUT2D eigenvalue weighted by Crippen LogP contribution is -2.36. The Bertz CT molecular complexity index is 579. The number of benzene rings is 1. The molecule has 1 aromatic carbocycles. The Morgan fingerprint density at radius 2 is 2.20 bits per heavy atom. The largest absolute Gasteiger partial charge is 0.378 e. The highest BCUT2D eigenvalue weighted by Crippen LogP contribution is 2.26. The summed E-state index contributed by atoms with van der Waals surface area (Å²) in [7, 11) is 2.05. The molecule has 1 aromatic heterocycles. The SMILES string of the molecule is CNC(Cc1ccnc2ccccc12)C1COC(C)C1. The van der Waals surface area contributed by atoms with Gasteiger partial charge in [0.1, 0.15) is 0 Å². The number of nitrogens with one attached hydrogen (secondary N) is 1. The van der Waals surface area contributed by atoms with Gasteiger partial charge in [0.15, 0.2) is 0 Å². The van der Waals surface area contributed by atoms with Crippen molar-refractivity contribution in [2.75, 3.05) is 13.7 Å². The second kappa shape index (κ2) is 5.90. The van der Waals surface area contributed by atoms with Crippen molar-refractivity contribution < 1.29 is 4.74 Å². The molecule has 0 radical (unpaired) electrons. The molecular weight excluding hydrogens is 248 g/mol. The molecule has 3 nitrogen and oxygen atoms in total. The number of hydrogen-bond donors (Lipinski definition) is 1. The minimum atomic E-state index is 0.394. The zero-order valence-electron chi connectivity index (χ0n) is 12.2. The van der Waals surface area contributed by atoms with Gasteiger partial charge in [-0.2, -0.15) is 0 Å². The van der Waals surface area contributed by atoms with Crippen molar-refractivity contribution in [3.05, 3.63) is 42.1 Å². The number of nitrogens with zero attached hydrogens (tertiary/aromatic N) is 1. The zero-order valence-corrected chi connectivity index (χ0v) is 12.2. The number of ether oxygens (including phenoxy) is 1. The molecular formula is C17H22N2O. The van der Waals surface area contributed by atoms with Crippen LogP contribution in [0.3, 0.4) is 0 Å². The second-order valence-electron chi connectivity index (χ2n) is 5.73. The molecule has 3 atom stereocenters. The Hall–Kier alpha value is -1.45. The highest BCUT2D eigenvalue weighted by atomic mass is 16.5. The van der Waals surface area contributed by atoms with Crippen LogP contribution in [0.2, 0.25) is 0 Å². The summed E-state index contributed by atoms with van der Waals surface area (Å²) in [6.07, 6.45) is 4.48. The number of fused-ring (bicyclic) bond motifs is 1. The molecule has 1 aliphatic rings. The normalized spacial score (nSPS) is 24.1. The van der Waals surface area contributed by atoms with Gasteiger partial charge >= 0.3 is 0 Å². The van der Waals surface area contributed by atoms with E-state index in [0.29, 0.717) is 18.1 Å². The van der Waals surface area contributed by atoms with Crippen molar-refractivity contribution in [2.24, 2.45) is 5.92 Å². The highest BCUT2D eigenvalue weighted by Gasteiger charge is 2.29. The number of para-hydroxylation sites is 1. The van der Waals surface area contributed by atoms with E-state index in [1.54, 1.807) is 0 Å². The van der Waals surface area contributed by atoms with E-state index in [1.165, 1.54) is 10.9 Å². The molecule has 0 spiro atoms. The average molecular weight is 270 g/mol. The topological polar surface area (TPSA) is 34.2 Å². The lowest BCUT2D eigenvalue weighted by Gasteiger charge is -2.22. The van der Waals surface area contributed by atoms with Crippen molar-refractivity contribution in [3.8, 4) is 0 Å². The molecule has 0 aliphatic carbocycles. The number of hydrogen-bond acceptors (Lipinski definition) is 3. The first-order valence-corrected chi connectivity index (χ1v) is 7.39. The Morgan fingerprint density at radius 3 is 2.95 bits per heavy atom. The lowest BCUT2D eigenvalue weighted by atomic mass is 9.90. The van der Waals surface area contributed by atoms with Crippen LogP contribution in [0.1, 0.15) is 18.9 Å². The van der Waals surface area contributed by atoms with Gasteiger partial charge in [-0.25, -0.2) is 0 Å². The predicted molar refractivity (Wildman–Crippen MR) is 81.8 cm³/mol. The van der Waals surface area contributed by atoms with E-state index in [-0.39, 0.29) is 0 Å². The first-order chi connectivity index (χ1) is 9.78. The van der Waals surface area contributed by atoms with E-state index in [4.69, 9.17) is 4.74 Å². The molecule has 3 heteroatoms. The van der Waals surface area contributed by atoms with Crippen LogP contribution in [-0.2, 0) is 11.2 Å². The van der Waals surface area contributed by atoms with E-state index in [0.717, 1.165) is 25.0 Å². The summed E-state index contributed by atoms with van der Waals surface area (Å²) in [5, 5.41) is 4.74. The van der Waals surface area contributed by atoms with Crippen LogP contribution in [0.5, 0.6) is 0 Å². The Kier molecular flexibility index (Phi) is 3.99. The standard InChI is InChI=1S/C17H22N2O/c1-12-9-14(11-20-12)17(18-2)10-13-7-8-19-16-6-4-3-5-15(13)16/h3-8,12,14,17-18H,9-11H2,1-2H3. The van der Waals surface area contributed by atoms with E-state index >= 15 is 0 Å². The van der Waals surface area contributed by atoms with Gasteiger partial charge < -0.3 is 10.1 Å². The van der Waals surface area contributed by atoms with Crippen molar-refractivity contribution >= 4 is 10.9 Å². The van der Waals surface area contributed by atoms with E-state index in [9.17, 15) is 0 Å². The smallest absolute Gasteiger partial charge is 0.0704 e. The monoisotopic (exact) mass is 270 g/mol. The first kappa shape index (κ1) is 13.5. The fourth-order valence-corrected chi connectivity index (χ4v) is 3.21. The van der Waals surface area contributed by atoms with Crippen LogP contribution < -0.4 is 5.32 Å². The van der Waals surface area contributed by atoms with Gasteiger partial charge in [0, 0.05) is 23.5 Å². The van der Waals surface area contributed by atoms with Crippen LogP contribution in [0.25, 0.3) is 10.9 Å². The molecule has 2 heterocycles. The minimum Gasteiger partial charge on any atom is -0.378 e. The molecule has 0 amide bonds. The van der Waals surface area contributed by atoms with Gasteiger partial charge in [-0.3, -0.25) is 4.98 Å². The molecule has 1 aliphatic heterocycles. The van der Waals surface area contributed by atoms with Crippen LogP contribution in [-0.4, -0.2) is 30.8 Å². The number of pyridine rings is 1. The molecule has 2 aromatic rings. The fraction of sp³-hybridized carbons (Fsp3) is 0.471. The number of rotatable bonds is 4. The van der Waals surface area contributed by atoms with Crippen molar-refractivity contribution in [1.82, 2.24) is 10.3 Å². The van der Waals surface area contributed by atoms with Crippen LogP contribution in [0.15, 0.2) is 36.5 Å². The van der Waals surface area contributed by atoms with Gasteiger partial charge in [0.25, 0.3) is 0 Å². The Morgan fingerprint density at radius 1 is 1.35 bits per heavy atom. The molecule has 20 heavy (non-hydrogen) atoms. The summed E-state index contributed by atoms with van der Waals surface area (Å²) in [6.45, 7) is 3.03. The van der Waals surface area contributed by atoms with E-state index in [1.807, 2.05) is 12.3 Å². The van der Waals surface area contributed by atoms with Crippen LogP contribution >= 0.6 is 0 Å².